The van der Waals surface area contributed by atoms with Crippen molar-refractivity contribution in [1.29, 1.82) is 0 Å². The van der Waals surface area contributed by atoms with Gasteiger partial charge in [0.15, 0.2) is 11.4 Å². The molecule has 0 bridgehead atoms. The van der Waals surface area contributed by atoms with Gasteiger partial charge in [-0.2, -0.15) is 0 Å². The fourth-order valence-corrected chi connectivity index (χ4v) is 2.84. The van der Waals surface area contributed by atoms with Gasteiger partial charge < -0.3 is 9.84 Å². The van der Waals surface area contributed by atoms with E-state index < -0.39 is 11.6 Å². The molecule has 2 aromatic carbocycles. The average Bonchev–Trinajstić information content (AvgIpc) is 2.69. The van der Waals surface area contributed by atoms with Gasteiger partial charge in [-0.3, -0.25) is 0 Å². The minimum atomic E-state index is -1.05. The summed E-state index contributed by atoms with van der Waals surface area (Å²) in [6, 6.07) is 12.6. The highest BCUT2D eigenvalue weighted by atomic mass is 35.5. The molecule has 1 aliphatic rings. The van der Waals surface area contributed by atoms with Crippen LogP contribution in [0.3, 0.4) is 0 Å². The van der Waals surface area contributed by atoms with Gasteiger partial charge in [0.2, 0.25) is 0 Å². The van der Waals surface area contributed by atoms with Crippen molar-refractivity contribution < 1.29 is 14.6 Å². The Morgan fingerprint density at radius 1 is 1.00 bits per heavy atom. The van der Waals surface area contributed by atoms with Crippen molar-refractivity contribution in [2.45, 2.75) is 19.4 Å². The Bertz CT molecular complexity index is 821. The standard InChI is InChI=1S/C18H14Cl2O3/c1-18(2)16(21)15(17(22)23-18)13-9-11(5-8-14(13)20)10-3-6-12(19)7-4-10/h3-9,21H,1-2H3. The van der Waals surface area contributed by atoms with E-state index in [0.29, 0.717) is 15.6 Å². The smallest absolute Gasteiger partial charge is 0.343 e. The highest BCUT2D eigenvalue weighted by Gasteiger charge is 2.42. The first kappa shape index (κ1) is 15.9. The SMILES string of the molecule is CC1(C)OC(=O)C(c2cc(-c3ccc(Cl)cc3)ccc2Cl)=C1O. The Hall–Kier alpha value is -1.97. The zero-order chi connectivity index (χ0) is 16.8. The van der Waals surface area contributed by atoms with Crippen LogP contribution in [0.1, 0.15) is 19.4 Å². The number of ether oxygens (including phenoxy) is 1. The number of hydrogen-bond donors (Lipinski definition) is 1. The molecule has 0 aromatic heterocycles. The minimum absolute atomic E-state index is 0.107. The number of halogens is 2. The third-order valence-corrected chi connectivity index (χ3v) is 4.35. The van der Waals surface area contributed by atoms with E-state index in [4.69, 9.17) is 27.9 Å². The molecule has 2 aromatic rings. The molecule has 0 atom stereocenters. The number of hydrogen-bond acceptors (Lipinski definition) is 3. The van der Waals surface area contributed by atoms with E-state index in [1.807, 2.05) is 18.2 Å². The van der Waals surface area contributed by atoms with Gasteiger partial charge in [-0.15, -0.1) is 0 Å². The molecule has 118 valence electrons. The molecular formula is C18H14Cl2O3. The van der Waals surface area contributed by atoms with E-state index in [-0.39, 0.29) is 11.3 Å². The summed E-state index contributed by atoms with van der Waals surface area (Å²) in [7, 11) is 0. The summed E-state index contributed by atoms with van der Waals surface area (Å²) in [6.07, 6.45) is 0. The van der Waals surface area contributed by atoms with Crippen molar-refractivity contribution in [2.24, 2.45) is 0 Å². The van der Waals surface area contributed by atoms with Crippen molar-refractivity contribution >= 4 is 34.7 Å². The lowest BCUT2D eigenvalue weighted by Crippen LogP contribution is -2.22. The van der Waals surface area contributed by atoms with Gasteiger partial charge in [0.05, 0.1) is 0 Å². The molecule has 0 radical (unpaired) electrons. The van der Waals surface area contributed by atoms with Crippen molar-refractivity contribution in [1.82, 2.24) is 0 Å². The second-order valence-electron chi connectivity index (χ2n) is 5.82. The molecule has 0 aliphatic carbocycles. The summed E-state index contributed by atoms with van der Waals surface area (Å²) in [6.45, 7) is 3.26. The first-order valence-corrected chi connectivity index (χ1v) is 7.78. The predicted molar refractivity (Wildman–Crippen MR) is 91.6 cm³/mol. The summed E-state index contributed by atoms with van der Waals surface area (Å²) in [5, 5.41) is 11.3. The third kappa shape index (κ3) is 2.82. The second kappa shape index (κ2) is 5.59. The van der Waals surface area contributed by atoms with Crippen molar-refractivity contribution in [3.05, 3.63) is 63.8 Å². The number of aliphatic hydroxyl groups excluding tert-OH is 1. The fraction of sp³-hybridized carbons (Fsp3) is 0.167. The van der Waals surface area contributed by atoms with Gasteiger partial charge in [0.1, 0.15) is 5.57 Å². The van der Waals surface area contributed by atoms with Gasteiger partial charge in [0, 0.05) is 15.6 Å². The molecule has 3 nitrogen and oxygen atoms in total. The number of rotatable bonds is 2. The normalized spacial score (nSPS) is 16.6. The van der Waals surface area contributed by atoms with Crippen LogP contribution in [0.5, 0.6) is 0 Å². The van der Waals surface area contributed by atoms with E-state index in [1.165, 1.54) is 0 Å². The van der Waals surface area contributed by atoms with Gasteiger partial charge in [-0.05, 0) is 49.2 Å². The summed E-state index contributed by atoms with van der Waals surface area (Å²) >= 11 is 12.1. The molecule has 1 heterocycles. The van der Waals surface area contributed by atoms with E-state index in [1.54, 1.807) is 38.1 Å². The topological polar surface area (TPSA) is 46.5 Å². The Balaban J connectivity index is 2.14. The largest absolute Gasteiger partial charge is 0.507 e. The Labute approximate surface area is 144 Å². The molecule has 1 N–H and O–H groups in total. The maximum atomic E-state index is 12.1. The number of cyclic esters (lactones) is 1. The lowest BCUT2D eigenvalue weighted by atomic mass is 9.96. The quantitative estimate of drug-likeness (QED) is 0.752. The Morgan fingerprint density at radius 3 is 2.17 bits per heavy atom. The van der Waals surface area contributed by atoms with Crippen LogP contribution in [0.2, 0.25) is 10.0 Å². The first-order chi connectivity index (χ1) is 10.8. The lowest BCUT2D eigenvalue weighted by molar-refractivity contribution is -0.143. The molecule has 0 amide bonds. The highest BCUT2D eigenvalue weighted by Crippen LogP contribution is 2.39. The summed E-state index contributed by atoms with van der Waals surface area (Å²) in [4.78, 5) is 12.1. The molecule has 5 heteroatoms. The molecule has 23 heavy (non-hydrogen) atoms. The fourth-order valence-electron chi connectivity index (χ4n) is 2.51. The summed E-state index contributed by atoms with van der Waals surface area (Å²) < 4.78 is 5.21. The van der Waals surface area contributed by atoms with Crippen LogP contribution in [0, 0.1) is 0 Å². The van der Waals surface area contributed by atoms with E-state index in [2.05, 4.69) is 0 Å². The third-order valence-electron chi connectivity index (χ3n) is 3.77. The first-order valence-electron chi connectivity index (χ1n) is 7.02. The number of esters is 1. The maximum Gasteiger partial charge on any atom is 0.343 e. The molecule has 0 spiro atoms. The minimum Gasteiger partial charge on any atom is -0.507 e. The maximum absolute atomic E-state index is 12.1. The number of aliphatic hydroxyl groups is 1. The van der Waals surface area contributed by atoms with Crippen LogP contribution in [0.4, 0.5) is 0 Å². The monoisotopic (exact) mass is 348 g/mol. The zero-order valence-corrected chi connectivity index (χ0v) is 14.1. The van der Waals surface area contributed by atoms with Gasteiger partial charge in [0.25, 0.3) is 0 Å². The van der Waals surface area contributed by atoms with E-state index >= 15 is 0 Å². The van der Waals surface area contributed by atoms with Crippen LogP contribution in [-0.4, -0.2) is 16.7 Å². The van der Waals surface area contributed by atoms with Crippen molar-refractivity contribution in [3.63, 3.8) is 0 Å². The van der Waals surface area contributed by atoms with Gasteiger partial charge in [-0.25, -0.2) is 4.79 Å². The molecular weight excluding hydrogens is 335 g/mol. The van der Waals surface area contributed by atoms with E-state index in [0.717, 1.165) is 11.1 Å². The average molecular weight is 349 g/mol. The molecule has 1 aliphatic heterocycles. The zero-order valence-electron chi connectivity index (χ0n) is 12.6. The van der Waals surface area contributed by atoms with Gasteiger partial charge in [-0.1, -0.05) is 41.4 Å². The molecule has 0 fully saturated rings. The lowest BCUT2D eigenvalue weighted by Gasteiger charge is -2.16. The highest BCUT2D eigenvalue weighted by molar-refractivity contribution is 6.35. The van der Waals surface area contributed by atoms with Crippen LogP contribution in [-0.2, 0) is 9.53 Å². The Kier molecular flexibility index (Phi) is 3.86. The summed E-state index contributed by atoms with van der Waals surface area (Å²) in [5.41, 5.74) is 1.30. The summed E-state index contributed by atoms with van der Waals surface area (Å²) in [5.74, 6) is -0.694. The number of carbonyl (C=O) groups is 1. The van der Waals surface area contributed by atoms with Crippen molar-refractivity contribution in [2.75, 3.05) is 0 Å². The van der Waals surface area contributed by atoms with E-state index in [9.17, 15) is 9.90 Å². The molecule has 0 unspecified atom stereocenters. The number of benzene rings is 2. The molecule has 0 saturated heterocycles. The van der Waals surface area contributed by atoms with Crippen LogP contribution in [0.25, 0.3) is 16.7 Å². The predicted octanol–water partition coefficient (Wildman–Crippen LogP) is 5.26. The second-order valence-corrected chi connectivity index (χ2v) is 6.67. The van der Waals surface area contributed by atoms with Crippen molar-refractivity contribution in [3.8, 4) is 11.1 Å². The number of carbonyl (C=O) groups excluding carboxylic acids is 1. The molecule has 3 rings (SSSR count). The van der Waals surface area contributed by atoms with Crippen LogP contribution >= 0.6 is 23.2 Å². The van der Waals surface area contributed by atoms with Gasteiger partial charge >= 0.3 is 5.97 Å². The van der Waals surface area contributed by atoms with Crippen LogP contribution in [0.15, 0.2) is 48.2 Å². The Morgan fingerprint density at radius 2 is 1.61 bits per heavy atom. The molecule has 0 saturated carbocycles. The van der Waals surface area contributed by atoms with Crippen LogP contribution < -0.4 is 0 Å².